The van der Waals surface area contributed by atoms with Crippen LogP contribution in [0.25, 0.3) is 0 Å². The zero-order valence-corrected chi connectivity index (χ0v) is 7.04. The van der Waals surface area contributed by atoms with Crippen LogP contribution < -0.4 is 0 Å². The first-order chi connectivity index (χ1) is 5.57. The van der Waals surface area contributed by atoms with Crippen molar-refractivity contribution in [2.75, 3.05) is 0 Å². The van der Waals surface area contributed by atoms with Crippen LogP contribution in [0.1, 0.15) is 0 Å². The van der Waals surface area contributed by atoms with Crippen LogP contribution in [0, 0.1) is 0 Å². The third kappa shape index (κ3) is 1.01. The van der Waals surface area contributed by atoms with Gasteiger partial charge in [-0.1, -0.05) is 23.2 Å². The second-order valence-corrected chi connectivity index (χ2v) is 3.25. The molecule has 1 rings (SSSR count). The van der Waals surface area contributed by atoms with E-state index in [-0.39, 0.29) is 0 Å². The molecule has 1 aliphatic rings. The minimum Gasteiger partial charge on any atom is -0.213 e. The maximum Gasteiger partial charge on any atom is 0.369 e. The van der Waals surface area contributed by atoms with Gasteiger partial charge in [-0.05, 0) is 0 Å². The number of alkyl halides is 6. The van der Waals surface area contributed by atoms with E-state index < -0.39 is 27.8 Å². The standard InChI is InChI=1S/C5Cl2F6/c6-1-2(8)4(10,11)5(12,13)3(1,7)9. The van der Waals surface area contributed by atoms with Crippen LogP contribution in [0.2, 0.25) is 0 Å². The smallest absolute Gasteiger partial charge is 0.213 e. The van der Waals surface area contributed by atoms with Gasteiger partial charge in [0.1, 0.15) is 5.03 Å². The molecule has 0 aromatic carbocycles. The molecular weight excluding hydrogens is 245 g/mol. The molecule has 0 heterocycles. The molecular formula is C5Cl2F6. The summed E-state index contributed by atoms with van der Waals surface area (Å²) >= 11 is 8.92. The first kappa shape index (κ1) is 11.0. The molecule has 0 saturated heterocycles. The lowest BCUT2D eigenvalue weighted by Gasteiger charge is -2.24. The fraction of sp³-hybridized carbons (Fsp3) is 0.600. The van der Waals surface area contributed by atoms with Gasteiger partial charge < -0.3 is 0 Å². The van der Waals surface area contributed by atoms with Crippen molar-refractivity contribution in [1.82, 2.24) is 0 Å². The monoisotopic (exact) mass is 244 g/mol. The van der Waals surface area contributed by atoms with Gasteiger partial charge in [0.25, 0.3) is 5.13 Å². The Morgan fingerprint density at radius 2 is 1.38 bits per heavy atom. The Bertz CT molecular complexity index is 255. The molecule has 1 aliphatic carbocycles. The van der Waals surface area contributed by atoms with Crippen LogP contribution in [-0.4, -0.2) is 17.0 Å². The predicted molar refractivity (Wildman–Crippen MR) is 33.6 cm³/mol. The summed E-state index contributed by atoms with van der Waals surface area (Å²) in [7, 11) is 0. The number of hydrogen-bond donors (Lipinski definition) is 0. The largest absolute Gasteiger partial charge is 0.369 e. The quantitative estimate of drug-likeness (QED) is 0.451. The number of halogens is 8. The molecule has 0 aromatic rings. The molecule has 8 heteroatoms. The van der Waals surface area contributed by atoms with Crippen molar-refractivity contribution in [2.45, 2.75) is 17.0 Å². The molecule has 13 heavy (non-hydrogen) atoms. The normalized spacial score (nSPS) is 36.9. The van der Waals surface area contributed by atoms with E-state index in [4.69, 9.17) is 0 Å². The van der Waals surface area contributed by atoms with E-state index in [1.165, 1.54) is 0 Å². The van der Waals surface area contributed by atoms with E-state index in [0.717, 1.165) is 0 Å². The van der Waals surface area contributed by atoms with Gasteiger partial charge in [0.2, 0.25) is 0 Å². The number of hydrogen-bond acceptors (Lipinski definition) is 0. The first-order valence-corrected chi connectivity index (χ1v) is 3.52. The summed E-state index contributed by atoms with van der Waals surface area (Å²) in [5, 5.41) is -6.40. The predicted octanol–water partition coefficient (Wildman–Crippen LogP) is 3.60. The van der Waals surface area contributed by atoms with Crippen LogP contribution in [0.5, 0.6) is 0 Å². The topological polar surface area (TPSA) is 0 Å². The van der Waals surface area contributed by atoms with Crippen molar-refractivity contribution in [3.05, 3.63) is 10.9 Å². The maximum absolute atomic E-state index is 12.6. The molecule has 0 N–H and O–H groups in total. The third-order valence-corrected chi connectivity index (χ3v) is 2.48. The molecule has 0 bridgehead atoms. The van der Waals surface area contributed by atoms with E-state index in [1.807, 2.05) is 0 Å². The summed E-state index contributed by atoms with van der Waals surface area (Å²) in [6.07, 6.45) is 0. The lowest BCUT2D eigenvalue weighted by atomic mass is 10.2. The van der Waals surface area contributed by atoms with Gasteiger partial charge in [0, 0.05) is 0 Å². The van der Waals surface area contributed by atoms with Crippen molar-refractivity contribution >= 4 is 23.2 Å². The Morgan fingerprint density at radius 1 is 1.00 bits per heavy atom. The summed E-state index contributed by atoms with van der Waals surface area (Å²) in [6, 6.07) is 0. The van der Waals surface area contributed by atoms with Crippen LogP contribution in [0.15, 0.2) is 10.9 Å². The van der Waals surface area contributed by atoms with Gasteiger partial charge in [-0.3, -0.25) is 0 Å². The summed E-state index contributed by atoms with van der Waals surface area (Å²) in [6.45, 7) is 0. The lowest BCUT2D eigenvalue weighted by molar-refractivity contribution is -0.213. The molecule has 76 valence electrons. The summed E-state index contributed by atoms with van der Waals surface area (Å²) in [5.41, 5.74) is 0. The Balaban J connectivity index is 3.39. The van der Waals surface area contributed by atoms with Gasteiger partial charge >= 0.3 is 11.8 Å². The van der Waals surface area contributed by atoms with Crippen molar-refractivity contribution in [3.8, 4) is 0 Å². The maximum atomic E-state index is 12.6. The molecule has 0 saturated carbocycles. The Labute approximate surface area is 78.1 Å². The molecule has 0 spiro atoms. The zero-order chi connectivity index (χ0) is 10.7. The molecule has 0 aliphatic heterocycles. The molecule has 0 aromatic heterocycles. The first-order valence-electron chi connectivity index (χ1n) is 2.76. The van der Waals surface area contributed by atoms with Gasteiger partial charge in [0.15, 0.2) is 5.83 Å². The Hall–Kier alpha value is -0.100. The van der Waals surface area contributed by atoms with Gasteiger partial charge in [-0.2, -0.15) is 17.6 Å². The highest BCUT2D eigenvalue weighted by Gasteiger charge is 2.79. The fourth-order valence-corrected chi connectivity index (χ4v) is 1.19. The Kier molecular flexibility index (Phi) is 2.09. The molecule has 0 nitrogen and oxygen atoms in total. The van der Waals surface area contributed by atoms with E-state index >= 15 is 0 Å². The van der Waals surface area contributed by atoms with Crippen molar-refractivity contribution in [2.24, 2.45) is 0 Å². The molecule has 0 radical (unpaired) electrons. The molecule has 0 amide bonds. The average Bonchev–Trinajstić information content (AvgIpc) is 2.05. The molecule has 1 unspecified atom stereocenters. The van der Waals surface area contributed by atoms with Crippen LogP contribution in [-0.2, 0) is 0 Å². The van der Waals surface area contributed by atoms with Crippen LogP contribution >= 0.6 is 23.2 Å². The average molecular weight is 245 g/mol. The second kappa shape index (κ2) is 2.48. The molecule has 1 atom stereocenters. The lowest BCUT2D eigenvalue weighted by Crippen LogP contribution is -2.48. The minimum atomic E-state index is -5.39. The SMILES string of the molecule is FC1=C(Cl)C(F)(Cl)C(F)(F)C1(F)F. The zero-order valence-electron chi connectivity index (χ0n) is 5.52. The van der Waals surface area contributed by atoms with Crippen molar-refractivity contribution in [3.63, 3.8) is 0 Å². The summed E-state index contributed by atoms with van der Waals surface area (Å²) < 4.78 is 74.2. The summed E-state index contributed by atoms with van der Waals surface area (Å²) in [5.74, 6) is -13.4. The fourth-order valence-electron chi connectivity index (χ4n) is 0.749. The van der Waals surface area contributed by atoms with Gasteiger partial charge in [-0.15, -0.1) is 0 Å². The Morgan fingerprint density at radius 3 is 1.46 bits per heavy atom. The van der Waals surface area contributed by atoms with E-state index in [1.54, 1.807) is 0 Å². The van der Waals surface area contributed by atoms with E-state index in [0.29, 0.717) is 0 Å². The van der Waals surface area contributed by atoms with E-state index in [2.05, 4.69) is 23.2 Å². The highest BCUT2D eigenvalue weighted by molar-refractivity contribution is 6.40. The van der Waals surface area contributed by atoms with Gasteiger partial charge in [-0.25, -0.2) is 8.78 Å². The van der Waals surface area contributed by atoms with E-state index in [9.17, 15) is 26.3 Å². The van der Waals surface area contributed by atoms with Crippen LogP contribution in [0.4, 0.5) is 26.3 Å². The molecule has 0 fully saturated rings. The summed E-state index contributed by atoms with van der Waals surface area (Å²) in [4.78, 5) is 0. The highest BCUT2D eigenvalue weighted by atomic mass is 35.5. The van der Waals surface area contributed by atoms with Crippen LogP contribution in [0.3, 0.4) is 0 Å². The van der Waals surface area contributed by atoms with Gasteiger partial charge in [0.05, 0.1) is 0 Å². The third-order valence-electron chi connectivity index (χ3n) is 1.53. The van der Waals surface area contributed by atoms with Crippen molar-refractivity contribution < 1.29 is 26.3 Å². The minimum absolute atomic E-state index is 2.01. The number of rotatable bonds is 0. The highest BCUT2D eigenvalue weighted by Crippen LogP contribution is 2.61. The second-order valence-electron chi connectivity index (χ2n) is 2.35. The number of allylic oxidation sites excluding steroid dienone is 2. The van der Waals surface area contributed by atoms with Crippen molar-refractivity contribution in [1.29, 1.82) is 0 Å².